The number of aryl methyl sites for hydroxylation is 1. The van der Waals surface area contributed by atoms with E-state index in [-0.39, 0.29) is 18.0 Å². The van der Waals surface area contributed by atoms with Crippen LogP contribution in [0.25, 0.3) is 0 Å². The van der Waals surface area contributed by atoms with Crippen LogP contribution in [0.1, 0.15) is 12.1 Å². The van der Waals surface area contributed by atoms with Gasteiger partial charge in [0.05, 0.1) is 17.9 Å². The molecule has 6 nitrogen and oxygen atoms in total. The van der Waals surface area contributed by atoms with E-state index in [1.54, 1.807) is 18.3 Å². The molecule has 0 fully saturated rings. The normalized spacial score (nSPS) is 10.4. The molecule has 1 aromatic heterocycles. The molecule has 0 unspecified atom stereocenters. The molecule has 2 aromatic rings. The van der Waals surface area contributed by atoms with Crippen LogP contribution in [0, 0.1) is 5.82 Å². The molecule has 0 atom stereocenters. The third-order valence-electron chi connectivity index (χ3n) is 2.51. The van der Waals surface area contributed by atoms with Gasteiger partial charge in [-0.3, -0.25) is 9.48 Å². The van der Waals surface area contributed by atoms with Crippen LogP contribution in [0.2, 0.25) is 0 Å². The average molecular weight is 263 g/mol. The number of carbonyl (C=O) groups is 1. The molecule has 0 saturated heterocycles. The SMILES string of the molecule is NCc1cn(CCC(=O)Nc2ccccc2F)nn1. The Bertz CT molecular complexity index is 569. The maximum absolute atomic E-state index is 13.3. The molecule has 1 amide bonds. The number of nitrogens with one attached hydrogen (secondary N) is 1. The maximum atomic E-state index is 13.3. The lowest BCUT2D eigenvalue weighted by Gasteiger charge is -2.05. The van der Waals surface area contributed by atoms with Crippen molar-refractivity contribution in [3.63, 3.8) is 0 Å². The Kier molecular flexibility index (Phi) is 4.19. The van der Waals surface area contributed by atoms with Crippen LogP contribution in [0.5, 0.6) is 0 Å². The van der Waals surface area contributed by atoms with Crippen molar-refractivity contribution in [3.05, 3.63) is 42.0 Å². The Morgan fingerprint density at radius 1 is 1.42 bits per heavy atom. The van der Waals surface area contributed by atoms with Gasteiger partial charge in [-0.1, -0.05) is 17.3 Å². The number of anilines is 1. The van der Waals surface area contributed by atoms with Crippen molar-refractivity contribution >= 4 is 11.6 Å². The van der Waals surface area contributed by atoms with Crippen LogP contribution in [0.4, 0.5) is 10.1 Å². The number of para-hydroxylation sites is 1. The number of benzene rings is 1. The van der Waals surface area contributed by atoms with Gasteiger partial charge >= 0.3 is 0 Å². The summed E-state index contributed by atoms with van der Waals surface area (Å²) >= 11 is 0. The highest BCUT2D eigenvalue weighted by atomic mass is 19.1. The lowest BCUT2D eigenvalue weighted by molar-refractivity contribution is -0.116. The molecule has 2 rings (SSSR count). The third-order valence-corrected chi connectivity index (χ3v) is 2.51. The Hall–Kier alpha value is -2.28. The van der Waals surface area contributed by atoms with Gasteiger partial charge < -0.3 is 11.1 Å². The number of hydrogen-bond acceptors (Lipinski definition) is 4. The Labute approximate surface area is 109 Å². The van der Waals surface area contributed by atoms with Gasteiger partial charge in [-0.15, -0.1) is 5.10 Å². The number of hydrogen-bond donors (Lipinski definition) is 2. The number of aromatic nitrogens is 3. The fourth-order valence-corrected chi connectivity index (χ4v) is 1.53. The second-order valence-corrected chi connectivity index (χ2v) is 3.96. The minimum Gasteiger partial charge on any atom is -0.325 e. The van der Waals surface area contributed by atoms with Gasteiger partial charge in [0, 0.05) is 19.2 Å². The van der Waals surface area contributed by atoms with E-state index in [0.717, 1.165) is 0 Å². The Balaban J connectivity index is 1.86. The summed E-state index contributed by atoms with van der Waals surface area (Å²) in [5, 5.41) is 10.1. The first-order valence-corrected chi connectivity index (χ1v) is 5.82. The maximum Gasteiger partial charge on any atom is 0.226 e. The largest absolute Gasteiger partial charge is 0.325 e. The molecule has 7 heteroatoms. The summed E-state index contributed by atoms with van der Waals surface area (Å²) in [6.07, 6.45) is 1.86. The molecule has 0 spiro atoms. The van der Waals surface area contributed by atoms with E-state index < -0.39 is 5.82 Å². The molecule has 0 aliphatic carbocycles. The van der Waals surface area contributed by atoms with E-state index in [0.29, 0.717) is 18.8 Å². The Morgan fingerprint density at radius 2 is 2.21 bits per heavy atom. The molecular formula is C12H14FN5O. The van der Waals surface area contributed by atoms with Gasteiger partial charge in [0.1, 0.15) is 5.82 Å². The van der Waals surface area contributed by atoms with Crippen molar-refractivity contribution in [1.82, 2.24) is 15.0 Å². The minimum absolute atomic E-state index is 0.175. The number of nitrogens with two attached hydrogens (primary N) is 1. The fraction of sp³-hybridized carbons (Fsp3) is 0.250. The first-order valence-electron chi connectivity index (χ1n) is 5.82. The van der Waals surface area contributed by atoms with E-state index in [1.807, 2.05) is 0 Å². The van der Waals surface area contributed by atoms with Gasteiger partial charge in [0.25, 0.3) is 0 Å². The van der Waals surface area contributed by atoms with Crippen LogP contribution in [-0.4, -0.2) is 20.9 Å². The lowest BCUT2D eigenvalue weighted by Crippen LogP contribution is -2.15. The average Bonchev–Trinajstić information content (AvgIpc) is 2.87. The lowest BCUT2D eigenvalue weighted by atomic mass is 10.3. The first-order chi connectivity index (χ1) is 9.19. The molecule has 100 valence electrons. The number of nitrogens with zero attached hydrogens (tertiary/aromatic N) is 3. The second kappa shape index (κ2) is 6.05. The monoisotopic (exact) mass is 263 g/mol. The molecule has 1 aromatic carbocycles. The molecule has 19 heavy (non-hydrogen) atoms. The highest BCUT2D eigenvalue weighted by molar-refractivity contribution is 5.90. The molecule has 0 aliphatic rings. The van der Waals surface area contributed by atoms with Crippen LogP contribution in [0.3, 0.4) is 0 Å². The van der Waals surface area contributed by atoms with Gasteiger partial charge in [0.2, 0.25) is 5.91 Å². The van der Waals surface area contributed by atoms with E-state index in [1.165, 1.54) is 16.8 Å². The molecule has 3 N–H and O–H groups in total. The molecule has 0 aliphatic heterocycles. The number of halogens is 1. The Morgan fingerprint density at radius 3 is 2.89 bits per heavy atom. The molecule has 0 bridgehead atoms. The first kappa shape index (κ1) is 13.2. The fourth-order valence-electron chi connectivity index (χ4n) is 1.53. The van der Waals surface area contributed by atoms with Crippen LogP contribution >= 0.6 is 0 Å². The van der Waals surface area contributed by atoms with Crippen LogP contribution < -0.4 is 11.1 Å². The standard InChI is InChI=1S/C12H14FN5O/c13-10-3-1-2-4-11(10)15-12(19)5-6-18-8-9(7-14)16-17-18/h1-4,8H,5-7,14H2,(H,15,19). The highest BCUT2D eigenvalue weighted by Crippen LogP contribution is 2.12. The van der Waals surface area contributed by atoms with Crippen molar-refractivity contribution in [2.24, 2.45) is 5.73 Å². The van der Waals surface area contributed by atoms with Crippen LogP contribution in [0.15, 0.2) is 30.5 Å². The van der Waals surface area contributed by atoms with E-state index in [4.69, 9.17) is 5.73 Å². The van der Waals surface area contributed by atoms with Crippen molar-refractivity contribution in [1.29, 1.82) is 0 Å². The van der Waals surface area contributed by atoms with Crippen molar-refractivity contribution < 1.29 is 9.18 Å². The zero-order chi connectivity index (χ0) is 13.7. The van der Waals surface area contributed by atoms with E-state index >= 15 is 0 Å². The zero-order valence-electron chi connectivity index (χ0n) is 10.2. The summed E-state index contributed by atoms with van der Waals surface area (Å²) < 4.78 is 14.8. The minimum atomic E-state index is -0.456. The molecular weight excluding hydrogens is 249 g/mol. The van der Waals surface area contributed by atoms with Crippen molar-refractivity contribution in [2.45, 2.75) is 19.5 Å². The van der Waals surface area contributed by atoms with Gasteiger partial charge in [-0.25, -0.2) is 4.39 Å². The summed E-state index contributed by atoms with van der Waals surface area (Å²) in [5.74, 6) is -0.739. The number of rotatable bonds is 5. The number of carbonyl (C=O) groups excluding carboxylic acids is 1. The van der Waals surface area contributed by atoms with Crippen molar-refractivity contribution in [3.8, 4) is 0 Å². The summed E-state index contributed by atoms with van der Waals surface area (Å²) in [6.45, 7) is 0.675. The summed E-state index contributed by atoms with van der Waals surface area (Å²) in [7, 11) is 0. The predicted molar refractivity (Wildman–Crippen MR) is 67.6 cm³/mol. The predicted octanol–water partition coefficient (Wildman–Crippen LogP) is 0.905. The smallest absolute Gasteiger partial charge is 0.226 e. The summed E-state index contributed by atoms with van der Waals surface area (Å²) in [4.78, 5) is 11.7. The van der Waals surface area contributed by atoms with E-state index in [2.05, 4.69) is 15.6 Å². The van der Waals surface area contributed by atoms with Gasteiger partial charge in [-0.05, 0) is 12.1 Å². The molecule has 0 saturated carbocycles. The second-order valence-electron chi connectivity index (χ2n) is 3.96. The highest BCUT2D eigenvalue weighted by Gasteiger charge is 2.07. The van der Waals surface area contributed by atoms with Gasteiger partial charge in [-0.2, -0.15) is 0 Å². The quantitative estimate of drug-likeness (QED) is 0.839. The zero-order valence-corrected chi connectivity index (χ0v) is 10.2. The van der Waals surface area contributed by atoms with Gasteiger partial charge in [0.15, 0.2) is 0 Å². The topological polar surface area (TPSA) is 85.8 Å². The van der Waals surface area contributed by atoms with Crippen molar-refractivity contribution in [2.75, 3.05) is 5.32 Å². The van der Waals surface area contributed by atoms with Crippen LogP contribution in [-0.2, 0) is 17.9 Å². The number of amides is 1. The van der Waals surface area contributed by atoms with E-state index in [9.17, 15) is 9.18 Å². The molecule has 0 radical (unpaired) electrons. The third kappa shape index (κ3) is 3.59. The summed E-state index contributed by atoms with van der Waals surface area (Å²) in [6, 6.07) is 6.02. The molecule has 1 heterocycles. The summed E-state index contributed by atoms with van der Waals surface area (Å²) in [5.41, 5.74) is 6.24.